The van der Waals surface area contributed by atoms with Gasteiger partial charge < -0.3 is 4.98 Å². The summed E-state index contributed by atoms with van der Waals surface area (Å²) in [6.07, 6.45) is 1.59. The number of hydrogen-bond acceptors (Lipinski definition) is 4. The average molecular weight is 249 g/mol. The van der Waals surface area contributed by atoms with Gasteiger partial charge in [-0.1, -0.05) is 0 Å². The van der Waals surface area contributed by atoms with Crippen LogP contribution < -0.4 is 10.9 Å². The smallest absolute Gasteiger partial charge is 0.263 e. The number of amides is 1. The molecule has 0 saturated carbocycles. The van der Waals surface area contributed by atoms with Gasteiger partial charge in [-0.2, -0.15) is 0 Å². The summed E-state index contributed by atoms with van der Waals surface area (Å²) in [5, 5.41) is 4.82. The molecular weight excluding hydrogens is 238 g/mol. The summed E-state index contributed by atoms with van der Waals surface area (Å²) in [6, 6.07) is 1.76. The average Bonchev–Trinajstić information content (AvgIpc) is 2.68. The Morgan fingerprint density at radius 3 is 2.82 bits per heavy atom. The van der Waals surface area contributed by atoms with E-state index in [0.717, 1.165) is 5.69 Å². The Labute approximate surface area is 102 Å². The third kappa shape index (κ3) is 2.42. The second-order valence-corrected chi connectivity index (χ2v) is 4.53. The third-order valence-electron chi connectivity index (χ3n) is 2.24. The van der Waals surface area contributed by atoms with Crippen LogP contribution in [0, 0.1) is 13.8 Å². The molecule has 0 radical (unpaired) electrons. The summed E-state index contributed by atoms with van der Waals surface area (Å²) in [5.74, 6) is -0.432. The Morgan fingerprint density at radius 2 is 2.24 bits per heavy atom. The number of carbonyl (C=O) groups is 1. The number of H-pyrrole nitrogens is 1. The van der Waals surface area contributed by atoms with Crippen molar-refractivity contribution >= 4 is 22.4 Å². The van der Waals surface area contributed by atoms with E-state index in [-0.39, 0.29) is 11.1 Å². The van der Waals surface area contributed by atoms with Crippen LogP contribution in [0.5, 0.6) is 0 Å². The number of hydrogen-bond donors (Lipinski definition) is 2. The largest absolute Gasteiger partial charge is 0.326 e. The first-order valence-corrected chi connectivity index (χ1v) is 5.87. The lowest BCUT2D eigenvalue weighted by Gasteiger charge is -2.05. The molecule has 2 aromatic rings. The van der Waals surface area contributed by atoms with Crippen LogP contribution in [0.3, 0.4) is 0 Å². The standard InChI is InChI=1S/C11H11N3O2S/c1-6-5-7(2)13-9(15)8(6)10(16)14-11-12-3-4-17-11/h3-5H,1-2H3,(H,13,15)(H,12,14,16). The van der Waals surface area contributed by atoms with Gasteiger partial charge in [-0.3, -0.25) is 14.9 Å². The first-order chi connectivity index (χ1) is 8.08. The molecule has 2 heterocycles. The number of nitrogens with one attached hydrogen (secondary N) is 2. The van der Waals surface area contributed by atoms with Crippen molar-refractivity contribution < 1.29 is 4.79 Å². The zero-order valence-electron chi connectivity index (χ0n) is 9.40. The molecule has 0 bridgehead atoms. The highest BCUT2D eigenvalue weighted by Crippen LogP contribution is 2.12. The van der Waals surface area contributed by atoms with Gasteiger partial charge in [0.2, 0.25) is 0 Å². The molecule has 5 nitrogen and oxygen atoms in total. The van der Waals surface area contributed by atoms with Crippen molar-refractivity contribution in [2.45, 2.75) is 13.8 Å². The van der Waals surface area contributed by atoms with Crippen LogP contribution in [0.4, 0.5) is 5.13 Å². The molecular formula is C11H11N3O2S. The molecule has 2 N–H and O–H groups in total. The minimum absolute atomic E-state index is 0.130. The van der Waals surface area contributed by atoms with Crippen molar-refractivity contribution in [1.29, 1.82) is 0 Å². The van der Waals surface area contributed by atoms with Crippen LogP contribution in [0.1, 0.15) is 21.6 Å². The summed E-state index contributed by atoms with van der Waals surface area (Å²) < 4.78 is 0. The fourth-order valence-electron chi connectivity index (χ4n) is 1.58. The Kier molecular flexibility index (Phi) is 3.06. The van der Waals surface area contributed by atoms with Gasteiger partial charge in [0, 0.05) is 17.3 Å². The number of anilines is 1. The predicted octanol–water partition coefficient (Wildman–Crippen LogP) is 1.70. The molecule has 2 aromatic heterocycles. The van der Waals surface area contributed by atoms with Gasteiger partial charge in [0.05, 0.1) is 0 Å². The van der Waals surface area contributed by atoms with Gasteiger partial charge in [0.25, 0.3) is 11.5 Å². The topological polar surface area (TPSA) is 74.8 Å². The molecule has 0 aliphatic carbocycles. The number of aryl methyl sites for hydroxylation is 2. The summed E-state index contributed by atoms with van der Waals surface area (Å²) >= 11 is 1.31. The van der Waals surface area contributed by atoms with E-state index in [1.165, 1.54) is 11.3 Å². The molecule has 0 fully saturated rings. The van der Waals surface area contributed by atoms with E-state index in [1.807, 2.05) is 0 Å². The number of carbonyl (C=O) groups excluding carboxylic acids is 1. The maximum Gasteiger partial charge on any atom is 0.263 e. The highest BCUT2D eigenvalue weighted by Gasteiger charge is 2.15. The lowest BCUT2D eigenvalue weighted by Crippen LogP contribution is -2.25. The minimum atomic E-state index is -0.432. The van der Waals surface area contributed by atoms with E-state index in [9.17, 15) is 9.59 Å². The molecule has 1 amide bonds. The molecule has 88 valence electrons. The number of aromatic nitrogens is 2. The van der Waals surface area contributed by atoms with Crippen LogP contribution in [0.2, 0.25) is 0 Å². The number of pyridine rings is 1. The van der Waals surface area contributed by atoms with E-state index >= 15 is 0 Å². The molecule has 0 spiro atoms. The van der Waals surface area contributed by atoms with Crippen LogP contribution in [0.25, 0.3) is 0 Å². The summed E-state index contributed by atoms with van der Waals surface area (Å²) in [4.78, 5) is 30.1. The van der Waals surface area contributed by atoms with E-state index < -0.39 is 5.91 Å². The van der Waals surface area contributed by atoms with Crippen molar-refractivity contribution in [3.05, 3.63) is 44.8 Å². The fourth-order valence-corrected chi connectivity index (χ4v) is 2.10. The van der Waals surface area contributed by atoms with Gasteiger partial charge >= 0.3 is 0 Å². The fraction of sp³-hybridized carbons (Fsp3) is 0.182. The van der Waals surface area contributed by atoms with Gasteiger partial charge in [-0.15, -0.1) is 11.3 Å². The first kappa shape index (κ1) is 11.5. The molecule has 0 aliphatic heterocycles. The summed E-state index contributed by atoms with van der Waals surface area (Å²) in [7, 11) is 0. The second-order valence-electron chi connectivity index (χ2n) is 3.63. The maximum absolute atomic E-state index is 11.9. The highest BCUT2D eigenvalue weighted by atomic mass is 32.1. The van der Waals surface area contributed by atoms with Crippen LogP contribution >= 0.6 is 11.3 Å². The van der Waals surface area contributed by atoms with E-state index in [2.05, 4.69) is 15.3 Å². The SMILES string of the molecule is Cc1cc(C)c(C(=O)Nc2nccs2)c(=O)[nH]1. The Hall–Kier alpha value is -1.95. The van der Waals surface area contributed by atoms with Crippen molar-refractivity contribution in [1.82, 2.24) is 9.97 Å². The molecule has 0 unspecified atom stereocenters. The van der Waals surface area contributed by atoms with Crippen LogP contribution in [0.15, 0.2) is 22.4 Å². The summed E-state index contributed by atoms with van der Waals surface area (Å²) in [6.45, 7) is 3.51. The van der Waals surface area contributed by atoms with Crippen molar-refractivity contribution in [3.8, 4) is 0 Å². The lowest BCUT2D eigenvalue weighted by atomic mass is 10.1. The molecule has 0 saturated heterocycles. The molecule has 0 atom stereocenters. The normalized spacial score (nSPS) is 10.2. The van der Waals surface area contributed by atoms with Gasteiger partial charge in [-0.05, 0) is 25.5 Å². The Bertz CT molecular complexity index is 602. The van der Waals surface area contributed by atoms with Crippen molar-refractivity contribution in [3.63, 3.8) is 0 Å². The predicted molar refractivity (Wildman–Crippen MR) is 66.6 cm³/mol. The van der Waals surface area contributed by atoms with Crippen LogP contribution in [-0.4, -0.2) is 15.9 Å². The van der Waals surface area contributed by atoms with Gasteiger partial charge in [0.1, 0.15) is 5.56 Å². The number of aromatic amines is 1. The Morgan fingerprint density at radius 1 is 1.47 bits per heavy atom. The monoisotopic (exact) mass is 249 g/mol. The maximum atomic E-state index is 11.9. The van der Waals surface area contributed by atoms with Crippen LogP contribution in [-0.2, 0) is 0 Å². The highest BCUT2D eigenvalue weighted by molar-refractivity contribution is 7.13. The molecule has 0 aliphatic rings. The zero-order valence-corrected chi connectivity index (χ0v) is 10.2. The lowest BCUT2D eigenvalue weighted by molar-refractivity contribution is 0.102. The molecule has 17 heavy (non-hydrogen) atoms. The van der Waals surface area contributed by atoms with E-state index in [0.29, 0.717) is 10.7 Å². The van der Waals surface area contributed by atoms with Gasteiger partial charge in [0.15, 0.2) is 5.13 Å². The van der Waals surface area contributed by atoms with E-state index in [1.54, 1.807) is 31.5 Å². The third-order valence-corrected chi connectivity index (χ3v) is 2.93. The number of thiazole rings is 1. The first-order valence-electron chi connectivity index (χ1n) is 4.99. The zero-order chi connectivity index (χ0) is 12.4. The number of nitrogens with zero attached hydrogens (tertiary/aromatic N) is 1. The second kappa shape index (κ2) is 4.50. The summed E-state index contributed by atoms with van der Waals surface area (Å²) in [5.41, 5.74) is 1.14. The molecule has 2 rings (SSSR count). The van der Waals surface area contributed by atoms with Crippen molar-refractivity contribution in [2.24, 2.45) is 0 Å². The quantitative estimate of drug-likeness (QED) is 0.850. The molecule has 0 aromatic carbocycles. The minimum Gasteiger partial charge on any atom is -0.326 e. The van der Waals surface area contributed by atoms with E-state index in [4.69, 9.17) is 0 Å². The Balaban J connectivity index is 2.35. The number of rotatable bonds is 2. The molecule has 6 heteroatoms. The van der Waals surface area contributed by atoms with Gasteiger partial charge in [-0.25, -0.2) is 4.98 Å². The van der Waals surface area contributed by atoms with Crippen molar-refractivity contribution in [2.75, 3.05) is 5.32 Å².